The van der Waals surface area contributed by atoms with E-state index >= 15 is 0 Å². The van der Waals surface area contributed by atoms with Gasteiger partial charge in [0, 0.05) is 6.42 Å². The minimum atomic E-state index is -0.370. The van der Waals surface area contributed by atoms with Crippen molar-refractivity contribution in [2.24, 2.45) is 5.92 Å². The Bertz CT molecular complexity index is 770. The van der Waals surface area contributed by atoms with Crippen LogP contribution in [0.15, 0.2) is 42.5 Å². The van der Waals surface area contributed by atoms with Gasteiger partial charge in [0.2, 0.25) is 0 Å². The standard InChI is InChI=1S/C26H35FO3/c1-4-6-7-8-9-10-11-26(28)30-23-15-12-21(13-16-23)22-14-17-25(24(27)18-22)29-19-20(3)5-2/h12-18,20H,4-11,19H2,1-3H3/t20-/m0/s1. The number of benzene rings is 2. The summed E-state index contributed by atoms with van der Waals surface area (Å²) in [5.41, 5.74) is 1.62. The Morgan fingerprint density at radius 1 is 0.933 bits per heavy atom. The topological polar surface area (TPSA) is 35.5 Å². The number of rotatable bonds is 13. The maximum absolute atomic E-state index is 14.4. The van der Waals surface area contributed by atoms with E-state index in [1.54, 1.807) is 18.2 Å². The van der Waals surface area contributed by atoms with Crippen LogP contribution in [0.1, 0.15) is 72.1 Å². The van der Waals surface area contributed by atoms with Crippen molar-refractivity contribution in [2.75, 3.05) is 6.61 Å². The fourth-order valence-electron chi connectivity index (χ4n) is 3.09. The largest absolute Gasteiger partial charge is 0.490 e. The van der Waals surface area contributed by atoms with Crippen molar-refractivity contribution >= 4 is 5.97 Å². The van der Waals surface area contributed by atoms with Gasteiger partial charge < -0.3 is 9.47 Å². The molecule has 0 saturated heterocycles. The predicted octanol–water partition coefficient (Wildman–Crippen LogP) is 7.57. The number of halogens is 1. The molecule has 0 aliphatic rings. The number of hydrogen-bond donors (Lipinski definition) is 0. The van der Waals surface area contributed by atoms with E-state index in [2.05, 4.69) is 20.8 Å². The molecule has 3 nitrogen and oxygen atoms in total. The summed E-state index contributed by atoms with van der Waals surface area (Å²) in [5, 5.41) is 0. The van der Waals surface area contributed by atoms with Crippen molar-refractivity contribution in [2.45, 2.75) is 72.1 Å². The molecule has 0 spiro atoms. The number of ether oxygens (including phenoxy) is 2. The molecule has 0 N–H and O–H groups in total. The molecule has 0 saturated carbocycles. The Morgan fingerprint density at radius 2 is 1.60 bits per heavy atom. The van der Waals surface area contributed by atoms with Crippen LogP contribution >= 0.6 is 0 Å². The number of unbranched alkanes of at least 4 members (excludes halogenated alkanes) is 5. The number of esters is 1. The van der Waals surface area contributed by atoms with Gasteiger partial charge in [-0.3, -0.25) is 4.79 Å². The van der Waals surface area contributed by atoms with Gasteiger partial charge >= 0.3 is 5.97 Å². The highest BCUT2D eigenvalue weighted by Crippen LogP contribution is 2.27. The van der Waals surface area contributed by atoms with E-state index in [1.807, 2.05) is 18.2 Å². The first kappa shape index (κ1) is 23.9. The highest BCUT2D eigenvalue weighted by Gasteiger charge is 2.09. The third-order valence-electron chi connectivity index (χ3n) is 5.31. The van der Waals surface area contributed by atoms with Gasteiger partial charge in [-0.25, -0.2) is 4.39 Å². The van der Waals surface area contributed by atoms with E-state index in [0.29, 0.717) is 24.7 Å². The Morgan fingerprint density at radius 3 is 2.27 bits per heavy atom. The van der Waals surface area contributed by atoms with E-state index in [0.717, 1.165) is 30.4 Å². The molecule has 0 amide bonds. The van der Waals surface area contributed by atoms with Gasteiger partial charge in [0.1, 0.15) is 5.75 Å². The molecular formula is C26H35FO3. The molecular weight excluding hydrogens is 379 g/mol. The summed E-state index contributed by atoms with van der Waals surface area (Å²) in [6, 6.07) is 12.2. The molecule has 0 aliphatic heterocycles. The molecule has 4 heteroatoms. The van der Waals surface area contributed by atoms with Crippen molar-refractivity contribution in [1.29, 1.82) is 0 Å². The van der Waals surface area contributed by atoms with Crippen LogP contribution in [0.2, 0.25) is 0 Å². The fraction of sp³-hybridized carbons (Fsp3) is 0.500. The molecule has 2 aromatic rings. The summed E-state index contributed by atoms with van der Waals surface area (Å²) in [7, 11) is 0. The summed E-state index contributed by atoms with van der Waals surface area (Å²) in [5.74, 6) is 0.612. The molecule has 2 aromatic carbocycles. The van der Waals surface area contributed by atoms with Gasteiger partial charge in [-0.2, -0.15) is 0 Å². The van der Waals surface area contributed by atoms with Crippen LogP contribution in [0.5, 0.6) is 11.5 Å². The summed E-state index contributed by atoms with van der Waals surface area (Å²) < 4.78 is 25.3. The van der Waals surface area contributed by atoms with Crippen LogP contribution in [0, 0.1) is 11.7 Å². The van der Waals surface area contributed by atoms with Gasteiger partial charge in [-0.15, -0.1) is 0 Å². The Balaban J connectivity index is 1.85. The highest BCUT2D eigenvalue weighted by molar-refractivity contribution is 5.73. The first-order valence-electron chi connectivity index (χ1n) is 11.3. The first-order chi connectivity index (χ1) is 14.5. The van der Waals surface area contributed by atoms with Crippen LogP contribution in [0.3, 0.4) is 0 Å². The van der Waals surface area contributed by atoms with Gasteiger partial charge in [0.15, 0.2) is 11.6 Å². The van der Waals surface area contributed by atoms with Crippen LogP contribution in [0.4, 0.5) is 4.39 Å². The summed E-state index contributed by atoms with van der Waals surface area (Å²) >= 11 is 0. The predicted molar refractivity (Wildman–Crippen MR) is 120 cm³/mol. The maximum Gasteiger partial charge on any atom is 0.311 e. The van der Waals surface area contributed by atoms with Crippen molar-refractivity contribution < 1.29 is 18.7 Å². The average Bonchev–Trinajstić information content (AvgIpc) is 2.75. The molecule has 0 fully saturated rings. The molecule has 0 heterocycles. The van der Waals surface area contributed by atoms with Crippen molar-refractivity contribution in [3.05, 3.63) is 48.3 Å². The first-order valence-corrected chi connectivity index (χ1v) is 11.3. The van der Waals surface area contributed by atoms with Gasteiger partial charge in [-0.05, 0) is 47.7 Å². The van der Waals surface area contributed by atoms with Gasteiger partial charge in [-0.1, -0.05) is 77.5 Å². The van der Waals surface area contributed by atoms with Crippen molar-refractivity contribution in [3.63, 3.8) is 0 Å². The summed E-state index contributed by atoms with van der Waals surface area (Å²) in [6.45, 7) is 6.86. The van der Waals surface area contributed by atoms with Gasteiger partial charge in [0.25, 0.3) is 0 Å². The normalized spacial score (nSPS) is 11.9. The summed E-state index contributed by atoms with van der Waals surface area (Å²) in [4.78, 5) is 12.0. The number of carbonyl (C=O) groups is 1. The molecule has 0 unspecified atom stereocenters. The lowest BCUT2D eigenvalue weighted by molar-refractivity contribution is -0.134. The minimum Gasteiger partial charge on any atom is -0.490 e. The SMILES string of the molecule is CCCCCCCCC(=O)Oc1ccc(-c2ccc(OC[C@@H](C)CC)c(F)c2)cc1. The van der Waals surface area contributed by atoms with Crippen LogP contribution < -0.4 is 9.47 Å². The van der Waals surface area contributed by atoms with Crippen molar-refractivity contribution in [3.8, 4) is 22.6 Å². The molecule has 0 aromatic heterocycles. The van der Waals surface area contributed by atoms with Crippen LogP contribution in [-0.4, -0.2) is 12.6 Å². The second-order valence-electron chi connectivity index (χ2n) is 7.99. The molecule has 1 atom stereocenters. The van der Waals surface area contributed by atoms with E-state index < -0.39 is 0 Å². The van der Waals surface area contributed by atoms with Gasteiger partial charge in [0.05, 0.1) is 6.61 Å². The molecule has 164 valence electrons. The Hall–Kier alpha value is -2.36. The molecule has 0 bridgehead atoms. The molecule has 0 radical (unpaired) electrons. The maximum atomic E-state index is 14.4. The third-order valence-corrected chi connectivity index (χ3v) is 5.31. The lowest BCUT2D eigenvalue weighted by atomic mass is 10.1. The zero-order valence-electron chi connectivity index (χ0n) is 18.6. The second kappa shape index (κ2) is 13.0. The molecule has 2 rings (SSSR count). The Kier molecular flexibility index (Phi) is 10.4. The monoisotopic (exact) mass is 414 g/mol. The number of hydrogen-bond acceptors (Lipinski definition) is 3. The quantitative estimate of drug-likeness (QED) is 0.193. The fourth-order valence-corrected chi connectivity index (χ4v) is 3.09. The Labute approximate surface area is 180 Å². The lowest BCUT2D eigenvalue weighted by Gasteiger charge is -2.12. The van der Waals surface area contributed by atoms with E-state index in [9.17, 15) is 9.18 Å². The molecule has 30 heavy (non-hydrogen) atoms. The van der Waals surface area contributed by atoms with Crippen molar-refractivity contribution in [1.82, 2.24) is 0 Å². The second-order valence-corrected chi connectivity index (χ2v) is 7.99. The zero-order valence-corrected chi connectivity index (χ0v) is 18.6. The van der Waals surface area contributed by atoms with Crippen LogP contribution in [0.25, 0.3) is 11.1 Å². The highest BCUT2D eigenvalue weighted by atomic mass is 19.1. The van der Waals surface area contributed by atoms with E-state index in [4.69, 9.17) is 9.47 Å². The van der Waals surface area contributed by atoms with Crippen LogP contribution in [-0.2, 0) is 4.79 Å². The number of carbonyl (C=O) groups excluding carboxylic acids is 1. The van der Waals surface area contributed by atoms with E-state index in [1.165, 1.54) is 31.7 Å². The zero-order chi connectivity index (χ0) is 21.8. The summed E-state index contributed by atoms with van der Waals surface area (Å²) in [6.07, 6.45) is 8.26. The molecule has 0 aliphatic carbocycles. The van der Waals surface area contributed by atoms with E-state index in [-0.39, 0.29) is 17.5 Å². The average molecular weight is 415 g/mol. The third kappa shape index (κ3) is 8.17. The lowest BCUT2D eigenvalue weighted by Crippen LogP contribution is -2.08. The smallest absolute Gasteiger partial charge is 0.311 e. The minimum absolute atomic E-state index is 0.202.